The van der Waals surface area contributed by atoms with Crippen LogP contribution in [-0.4, -0.2) is 52.2 Å². The Kier molecular flexibility index (Phi) is 5.95. The topological polar surface area (TPSA) is 143 Å². The molecule has 41 heavy (non-hydrogen) atoms. The third-order valence-electron chi connectivity index (χ3n) is 8.17. The fraction of sp³-hybridized carbons (Fsp3) is 0.281. The highest BCUT2D eigenvalue weighted by Crippen LogP contribution is 2.70. The molecule has 4 aliphatic rings. The molecule has 2 bridgehead atoms. The zero-order valence-electron chi connectivity index (χ0n) is 22.4. The summed E-state index contributed by atoms with van der Waals surface area (Å²) in [7, 11) is 0. The number of aromatic hydroxyl groups is 1. The smallest absolute Gasteiger partial charge is 0.415 e. The number of aliphatic hydroxyl groups excluding tert-OH is 1. The van der Waals surface area contributed by atoms with Gasteiger partial charge in [-0.3, -0.25) is 14.5 Å². The van der Waals surface area contributed by atoms with Crippen molar-refractivity contribution in [3.63, 3.8) is 0 Å². The summed E-state index contributed by atoms with van der Waals surface area (Å²) in [6.07, 6.45) is 2.04. The average Bonchev–Trinajstić information content (AvgIpc) is 3.69. The Labute approximate surface area is 236 Å². The van der Waals surface area contributed by atoms with Gasteiger partial charge in [0.25, 0.3) is 0 Å². The second-order valence-electron chi connectivity index (χ2n) is 10.5. The number of fused-ring (bicyclic) bond motifs is 4. The minimum atomic E-state index is -1.58. The van der Waals surface area contributed by atoms with Gasteiger partial charge in [-0.2, -0.15) is 0 Å². The van der Waals surface area contributed by atoms with Crippen molar-refractivity contribution in [1.29, 1.82) is 0 Å². The highest BCUT2D eigenvalue weighted by Gasteiger charge is 2.83. The molecule has 0 aromatic heterocycles. The van der Waals surface area contributed by atoms with Gasteiger partial charge >= 0.3 is 6.09 Å². The van der Waals surface area contributed by atoms with Crippen LogP contribution in [0.15, 0.2) is 49.1 Å². The molecule has 0 radical (unpaired) electrons. The number of benzene rings is 2. The number of carbonyl (C=O) groups is 3. The number of hydrogen-bond donors (Lipinski definition) is 3. The first-order chi connectivity index (χ1) is 19.6. The molecule has 2 aliphatic carbocycles. The standard InChI is InChI=1S/C32H26N2O7/c1-4-13-40-30(39)34-23-9-7-5-6-8-10-24(36)32(31(23,41-32)17(2)3)21-15-22(35)25-26(27(21)34)28(37)19-12-11-18(16-33)14-20(19)29(25)38/h4-6,11-12,14-15,17,23-24,35-36H,1,13,16,33H2,2-3H3/b6-5-/t23-,24-,31-,32-/m0/s1. The number of amides is 1. The molecule has 6 rings (SSSR count). The molecule has 2 heterocycles. The van der Waals surface area contributed by atoms with Crippen LogP contribution in [0.25, 0.3) is 0 Å². The van der Waals surface area contributed by atoms with Gasteiger partial charge in [0.15, 0.2) is 23.3 Å². The SMILES string of the molecule is C=CCOC(=O)N1c2c(cc(O)c3c2C(=O)c2ccc(CN)cc2C3=O)[C@@]23O[C@@]2(C(C)C)[C@@H]1C#C/C=C\C#C[C@@H]3O. The number of nitrogens with two attached hydrogens (primary N) is 1. The third kappa shape index (κ3) is 3.34. The fourth-order valence-electron chi connectivity index (χ4n) is 6.39. The van der Waals surface area contributed by atoms with E-state index < -0.39 is 46.8 Å². The van der Waals surface area contributed by atoms with Crippen LogP contribution in [0, 0.1) is 29.6 Å². The molecule has 1 amide bonds. The van der Waals surface area contributed by atoms with Gasteiger partial charge < -0.3 is 25.4 Å². The molecule has 2 aliphatic heterocycles. The highest BCUT2D eigenvalue weighted by molar-refractivity contribution is 6.32. The maximum absolute atomic E-state index is 14.2. The first-order valence-corrected chi connectivity index (χ1v) is 13.1. The van der Waals surface area contributed by atoms with Crippen molar-refractivity contribution >= 4 is 23.3 Å². The van der Waals surface area contributed by atoms with Crippen molar-refractivity contribution in [2.75, 3.05) is 11.5 Å². The summed E-state index contributed by atoms with van der Waals surface area (Å²) in [4.78, 5) is 43.1. The molecule has 9 heteroatoms. The number of aliphatic hydroxyl groups is 1. The number of nitrogens with zero attached hydrogens (tertiary/aromatic N) is 1. The minimum Gasteiger partial charge on any atom is -0.507 e. The van der Waals surface area contributed by atoms with Crippen molar-refractivity contribution in [3.8, 4) is 29.4 Å². The zero-order chi connectivity index (χ0) is 29.3. The summed E-state index contributed by atoms with van der Waals surface area (Å²) >= 11 is 0. The van der Waals surface area contributed by atoms with E-state index in [0.29, 0.717) is 5.56 Å². The molecule has 9 nitrogen and oxygen atoms in total. The maximum atomic E-state index is 14.2. The van der Waals surface area contributed by atoms with Crippen molar-refractivity contribution in [2.45, 2.75) is 43.7 Å². The first-order valence-electron chi connectivity index (χ1n) is 13.1. The molecule has 0 saturated carbocycles. The molecule has 1 fully saturated rings. The van der Waals surface area contributed by atoms with Gasteiger partial charge in [-0.25, -0.2) is 4.79 Å². The Morgan fingerprint density at radius 1 is 1.17 bits per heavy atom. The average molecular weight is 551 g/mol. The van der Waals surface area contributed by atoms with Gasteiger partial charge in [-0.1, -0.05) is 56.3 Å². The van der Waals surface area contributed by atoms with Crippen LogP contribution < -0.4 is 10.6 Å². The number of ketones is 2. The summed E-state index contributed by atoms with van der Waals surface area (Å²) in [5.41, 5.74) is 3.32. The van der Waals surface area contributed by atoms with E-state index in [1.165, 1.54) is 41.3 Å². The Morgan fingerprint density at radius 2 is 1.88 bits per heavy atom. The predicted molar refractivity (Wildman–Crippen MR) is 148 cm³/mol. The third-order valence-corrected chi connectivity index (χ3v) is 8.17. The lowest BCUT2D eigenvalue weighted by molar-refractivity contribution is 0.0974. The van der Waals surface area contributed by atoms with Gasteiger partial charge in [0.2, 0.25) is 0 Å². The van der Waals surface area contributed by atoms with Crippen LogP contribution in [-0.2, 0) is 21.6 Å². The summed E-state index contributed by atoms with van der Waals surface area (Å²) < 4.78 is 11.9. The van der Waals surface area contributed by atoms with E-state index in [1.54, 1.807) is 6.07 Å². The second-order valence-corrected chi connectivity index (χ2v) is 10.5. The van der Waals surface area contributed by atoms with Gasteiger partial charge in [-0.15, -0.1) is 0 Å². The number of epoxide rings is 1. The molecule has 1 saturated heterocycles. The Hall–Kier alpha value is -4.67. The number of anilines is 1. The van der Waals surface area contributed by atoms with E-state index in [1.807, 2.05) is 13.8 Å². The number of phenols is 1. The van der Waals surface area contributed by atoms with Crippen LogP contribution in [0.3, 0.4) is 0 Å². The number of hydrogen-bond acceptors (Lipinski definition) is 8. The Balaban J connectivity index is 1.73. The molecular weight excluding hydrogens is 524 g/mol. The molecule has 2 aromatic rings. The van der Waals surface area contributed by atoms with E-state index in [4.69, 9.17) is 15.2 Å². The van der Waals surface area contributed by atoms with E-state index in [2.05, 4.69) is 30.3 Å². The van der Waals surface area contributed by atoms with Crippen molar-refractivity contribution in [2.24, 2.45) is 11.7 Å². The van der Waals surface area contributed by atoms with Crippen LogP contribution in [0.1, 0.15) is 56.8 Å². The molecular formula is C32H26N2O7. The quantitative estimate of drug-likeness (QED) is 0.256. The second kappa shape index (κ2) is 9.18. The molecule has 2 aromatic carbocycles. The van der Waals surface area contributed by atoms with Crippen molar-refractivity contribution in [1.82, 2.24) is 0 Å². The number of ether oxygens (including phenoxy) is 2. The maximum Gasteiger partial charge on any atom is 0.415 e. The highest BCUT2D eigenvalue weighted by atomic mass is 16.6. The van der Waals surface area contributed by atoms with Crippen LogP contribution in [0.4, 0.5) is 10.5 Å². The summed E-state index contributed by atoms with van der Waals surface area (Å²) in [6.45, 7) is 7.32. The number of carbonyl (C=O) groups excluding carboxylic acids is 3. The summed E-state index contributed by atoms with van der Waals surface area (Å²) in [5, 5.41) is 22.9. The summed E-state index contributed by atoms with van der Waals surface area (Å²) in [5.74, 6) is 9.44. The molecule has 0 unspecified atom stereocenters. The van der Waals surface area contributed by atoms with E-state index in [9.17, 15) is 24.6 Å². The first kappa shape index (κ1) is 26.5. The van der Waals surface area contributed by atoms with E-state index in [-0.39, 0.29) is 52.6 Å². The number of rotatable bonds is 4. The van der Waals surface area contributed by atoms with E-state index in [0.717, 1.165) is 0 Å². The van der Waals surface area contributed by atoms with Crippen LogP contribution >= 0.6 is 0 Å². The molecule has 4 atom stereocenters. The largest absolute Gasteiger partial charge is 0.507 e. The lowest BCUT2D eigenvalue weighted by Crippen LogP contribution is -2.59. The lowest BCUT2D eigenvalue weighted by Gasteiger charge is -2.43. The Bertz CT molecular complexity index is 1730. The van der Waals surface area contributed by atoms with E-state index >= 15 is 0 Å². The molecule has 0 spiro atoms. The zero-order valence-corrected chi connectivity index (χ0v) is 22.4. The van der Waals surface area contributed by atoms with Crippen molar-refractivity contribution < 1.29 is 34.1 Å². The number of phenolic OH excluding ortho intramolecular Hbond substituents is 1. The van der Waals surface area contributed by atoms with Gasteiger partial charge in [0.05, 0.1) is 16.8 Å². The Morgan fingerprint density at radius 3 is 2.56 bits per heavy atom. The fourth-order valence-corrected chi connectivity index (χ4v) is 6.39. The summed E-state index contributed by atoms with van der Waals surface area (Å²) in [6, 6.07) is 4.87. The minimum absolute atomic E-state index is 0.0303. The van der Waals surface area contributed by atoms with Crippen LogP contribution in [0.5, 0.6) is 5.75 Å². The normalized spacial score (nSPS) is 27.1. The lowest BCUT2D eigenvalue weighted by atomic mass is 9.67. The predicted octanol–water partition coefficient (Wildman–Crippen LogP) is 2.70. The monoisotopic (exact) mass is 550 g/mol. The van der Waals surface area contributed by atoms with Gasteiger partial charge in [-0.05, 0) is 41.8 Å². The number of allylic oxidation sites excluding steroid dienone is 2. The molecule has 206 valence electrons. The molecule has 4 N–H and O–H groups in total. The van der Waals surface area contributed by atoms with Gasteiger partial charge in [0, 0.05) is 23.2 Å². The van der Waals surface area contributed by atoms with Crippen LogP contribution in [0.2, 0.25) is 0 Å². The van der Waals surface area contributed by atoms with Gasteiger partial charge in [0.1, 0.15) is 24.0 Å². The van der Waals surface area contributed by atoms with Crippen molar-refractivity contribution in [3.05, 3.63) is 82.5 Å².